The molecule has 1 aromatic heterocycles. The number of ketones is 1. The fourth-order valence-corrected chi connectivity index (χ4v) is 3.24. The highest BCUT2D eigenvalue weighted by Crippen LogP contribution is 2.38. The van der Waals surface area contributed by atoms with E-state index in [1.807, 2.05) is 6.92 Å². The third kappa shape index (κ3) is 5.22. The molecule has 7 nitrogen and oxygen atoms in total. The summed E-state index contributed by atoms with van der Waals surface area (Å²) in [6, 6.07) is 1.46. The summed E-state index contributed by atoms with van der Waals surface area (Å²) in [5.74, 6) is -0.555. The molecule has 2 aliphatic rings. The first-order valence-corrected chi connectivity index (χ1v) is 9.98. The summed E-state index contributed by atoms with van der Waals surface area (Å²) in [6.45, 7) is 4.23. The van der Waals surface area contributed by atoms with Crippen LogP contribution in [0.25, 0.3) is 0 Å². The highest BCUT2D eigenvalue weighted by molar-refractivity contribution is 5.99. The van der Waals surface area contributed by atoms with E-state index in [-0.39, 0.29) is 35.8 Å². The number of methoxy groups -OCH3 is 1. The number of nitrogens with zero attached hydrogens (tertiary/aromatic N) is 1. The van der Waals surface area contributed by atoms with Crippen LogP contribution in [0, 0.1) is 17.8 Å². The van der Waals surface area contributed by atoms with Crippen molar-refractivity contribution in [3.63, 3.8) is 0 Å². The molecule has 1 heterocycles. The molecule has 1 N–H and O–H groups in total. The quantitative estimate of drug-likeness (QED) is 0.457. The molecular weight excluding hydrogens is 362 g/mol. The van der Waals surface area contributed by atoms with E-state index in [2.05, 4.69) is 4.98 Å². The molecule has 2 saturated carbocycles. The normalized spacial score (nSPS) is 19.5. The number of carbonyl (C=O) groups is 2. The lowest BCUT2D eigenvalue weighted by molar-refractivity contribution is -0.161. The van der Waals surface area contributed by atoms with Crippen molar-refractivity contribution in [2.45, 2.75) is 58.2 Å². The minimum atomic E-state index is -0.648. The number of aromatic nitrogens is 1. The first-order chi connectivity index (χ1) is 13.4. The Morgan fingerprint density at radius 3 is 2.57 bits per heavy atom. The SMILES string of the molecule is COc1ccnc(C(=O)C[C@@H](C)C(=O)O[C@@H](C)[C@H](OCC2CC2)C2CC2)c1O. The predicted molar refractivity (Wildman–Crippen MR) is 101 cm³/mol. The summed E-state index contributed by atoms with van der Waals surface area (Å²) in [5.41, 5.74) is -0.101. The van der Waals surface area contributed by atoms with E-state index < -0.39 is 17.7 Å². The number of ether oxygens (including phenoxy) is 3. The van der Waals surface area contributed by atoms with Gasteiger partial charge in [-0.05, 0) is 44.4 Å². The van der Waals surface area contributed by atoms with Gasteiger partial charge in [-0.15, -0.1) is 0 Å². The van der Waals surface area contributed by atoms with Crippen molar-refractivity contribution in [2.24, 2.45) is 17.8 Å². The molecule has 7 heteroatoms. The first kappa shape index (κ1) is 20.6. The number of aromatic hydroxyl groups is 1. The van der Waals surface area contributed by atoms with Crippen molar-refractivity contribution in [3.8, 4) is 11.5 Å². The average Bonchev–Trinajstić information content (AvgIpc) is 3.56. The molecular formula is C21H29NO6. The minimum absolute atomic E-state index is 0.0726. The number of hydrogen-bond acceptors (Lipinski definition) is 7. The number of carbonyl (C=O) groups excluding carboxylic acids is 2. The topological polar surface area (TPSA) is 95.0 Å². The van der Waals surface area contributed by atoms with Crippen molar-refractivity contribution in [1.82, 2.24) is 4.98 Å². The molecule has 0 amide bonds. The smallest absolute Gasteiger partial charge is 0.309 e. The van der Waals surface area contributed by atoms with Gasteiger partial charge < -0.3 is 19.3 Å². The molecule has 154 valence electrons. The van der Waals surface area contributed by atoms with Crippen LogP contribution in [0.3, 0.4) is 0 Å². The standard InChI is InChI=1S/C21H29NO6/c1-12(10-16(23)18-19(24)17(26-3)8-9-22-18)21(25)28-13(2)20(15-6-7-15)27-11-14-4-5-14/h8-9,12-15,20,24H,4-7,10-11H2,1-3H3/t12-,13+,20+/m1/s1. The number of Topliss-reactive ketones (excluding diaryl/α,β-unsaturated/α-hetero) is 1. The van der Waals surface area contributed by atoms with Gasteiger partial charge in [0.05, 0.1) is 19.1 Å². The zero-order valence-electron chi connectivity index (χ0n) is 16.7. The molecule has 0 radical (unpaired) electrons. The van der Waals surface area contributed by atoms with Crippen molar-refractivity contribution < 1.29 is 28.9 Å². The first-order valence-electron chi connectivity index (χ1n) is 9.98. The summed E-state index contributed by atoms with van der Waals surface area (Å²) in [4.78, 5) is 28.9. The average molecular weight is 391 g/mol. The molecule has 0 aromatic carbocycles. The molecule has 0 aliphatic heterocycles. The third-order valence-corrected chi connectivity index (χ3v) is 5.34. The Bertz CT molecular complexity index is 713. The maximum absolute atomic E-state index is 12.5. The van der Waals surface area contributed by atoms with E-state index in [1.165, 1.54) is 32.2 Å². The summed E-state index contributed by atoms with van der Waals surface area (Å²) < 4.78 is 16.6. The van der Waals surface area contributed by atoms with Crippen LogP contribution in [0.1, 0.15) is 56.4 Å². The van der Waals surface area contributed by atoms with Crippen molar-refractivity contribution in [1.29, 1.82) is 0 Å². The molecule has 2 aliphatic carbocycles. The Balaban J connectivity index is 1.53. The van der Waals surface area contributed by atoms with E-state index >= 15 is 0 Å². The van der Waals surface area contributed by atoms with Crippen LogP contribution in [0.2, 0.25) is 0 Å². The summed E-state index contributed by atoms with van der Waals surface area (Å²) in [6.07, 6.45) is 5.50. The van der Waals surface area contributed by atoms with Crippen LogP contribution in [0.15, 0.2) is 12.3 Å². The third-order valence-electron chi connectivity index (χ3n) is 5.34. The highest BCUT2D eigenvalue weighted by Gasteiger charge is 2.39. The lowest BCUT2D eigenvalue weighted by Gasteiger charge is -2.25. The van der Waals surface area contributed by atoms with Gasteiger partial charge >= 0.3 is 5.97 Å². The second kappa shape index (κ2) is 8.90. The van der Waals surface area contributed by atoms with Crippen molar-refractivity contribution in [3.05, 3.63) is 18.0 Å². The van der Waals surface area contributed by atoms with E-state index in [0.717, 1.165) is 19.4 Å². The molecule has 0 unspecified atom stereocenters. The highest BCUT2D eigenvalue weighted by atomic mass is 16.6. The Morgan fingerprint density at radius 2 is 1.96 bits per heavy atom. The molecule has 3 rings (SSSR count). The molecule has 0 spiro atoms. The lowest BCUT2D eigenvalue weighted by atomic mass is 10.0. The van der Waals surface area contributed by atoms with Crippen LogP contribution < -0.4 is 4.74 Å². The maximum Gasteiger partial charge on any atom is 0.309 e. The minimum Gasteiger partial charge on any atom is -0.503 e. The fraction of sp³-hybridized carbons (Fsp3) is 0.667. The summed E-state index contributed by atoms with van der Waals surface area (Å²) in [5, 5.41) is 10.1. The van der Waals surface area contributed by atoms with E-state index in [1.54, 1.807) is 6.92 Å². The van der Waals surface area contributed by atoms with Gasteiger partial charge in [0.15, 0.2) is 23.0 Å². The monoisotopic (exact) mass is 391 g/mol. The molecule has 3 atom stereocenters. The second-order valence-electron chi connectivity index (χ2n) is 7.96. The van der Waals surface area contributed by atoms with Gasteiger partial charge in [0.25, 0.3) is 0 Å². The Labute approximate surface area is 165 Å². The van der Waals surface area contributed by atoms with Gasteiger partial charge in [0.1, 0.15) is 6.10 Å². The van der Waals surface area contributed by atoms with Crippen LogP contribution in [-0.2, 0) is 14.3 Å². The van der Waals surface area contributed by atoms with Crippen molar-refractivity contribution >= 4 is 11.8 Å². The van der Waals surface area contributed by atoms with E-state index in [9.17, 15) is 14.7 Å². The predicted octanol–water partition coefficient (Wildman–Crippen LogP) is 3.14. The van der Waals surface area contributed by atoms with Gasteiger partial charge in [-0.25, -0.2) is 4.98 Å². The van der Waals surface area contributed by atoms with Crippen LogP contribution in [0.4, 0.5) is 0 Å². The second-order valence-corrected chi connectivity index (χ2v) is 7.96. The summed E-state index contributed by atoms with van der Waals surface area (Å²) >= 11 is 0. The van der Waals surface area contributed by atoms with E-state index in [4.69, 9.17) is 14.2 Å². The largest absolute Gasteiger partial charge is 0.503 e. The molecule has 28 heavy (non-hydrogen) atoms. The van der Waals surface area contributed by atoms with Crippen LogP contribution in [0.5, 0.6) is 11.5 Å². The number of rotatable bonds is 11. The van der Waals surface area contributed by atoms with Gasteiger partial charge in [0.2, 0.25) is 0 Å². The Morgan fingerprint density at radius 1 is 1.25 bits per heavy atom. The zero-order valence-corrected chi connectivity index (χ0v) is 16.7. The molecule has 1 aromatic rings. The maximum atomic E-state index is 12.5. The Kier molecular flexibility index (Phi) is 6.54. The van der Waals surface area contributed by atoms with Crippen LogP contribution in [-0.4, -0.2) is 47.8 Å². The molecule has 0 saturated heterocycles. The van der Waals surface area contributed by atoms with Gasteiger partial charge in [-0.3, -0.25) is 9.59 Å². The molecule has 2 fully saturated rings. The zero-order chi connectivity index (χ0) is 20.3. The summed E-state index contributed by atoms with van der Waals surface area (Å²) in [7, 11) is 1.40. The van der Waals surface area contributed by atoms with Crippen LogP contribution >= 0.6 is 0 Å². The van der Waals surface area contributed by atoms with Gasteiger partial charge in [-0.1, -0.05) is 6.92 Å². The fourth-order valence-electron chi connectivity index (χ4n) is 3.24. The number of hydrogen-bond donors (Lipinski definition) is 1. The van der Waals surface area contributed by atoms with Gasteiger partial charge in [-0.2, -0.15) is 0 Å². The van der Waals surface area contributed by atoms with E-state index in [0.29, 0.717) is 11.8 Å². The van der Waals surface area contributed by atoms with Crippen molar-refractivity contribution in [2.75, 3.05) is 13.7 Å². The van der Waals surface area contributed by atoms with Gasteiger partial charge in [0, 0.05) is 25.3 Å². The lowest BCUT2D eigenvalue weighted by Crippen LogP contribution is -2.35. The number of esters is 1. The Hall–Kier alpha value is -2.15. The molecule has 0 bridgehead atoms. The number of pyridine rings is 1.